The van der Waals surface area contributed by atoms with Gasteiger partial charge >= 0.3 is 0 Å². The predicted molar refractivity (Wildman–Crippen MR) is 56.2 cm³/mol. The summed E-state index contributed by atoms with van der Waals surface area (Å²) in [5.41, 5.74) is 2.19. The number of phenolic OH excluding ortho intramolecular Hbond substituents is 1. The second-order valence-electron chi connectivity index (χ2n) is 3.75. The highest BCUT2D eigenvalue weighted by Crippen LogP contribution is 2.29. The second-order valence-corrected chi connectivity index (χ2v) is 3.75. The van der Waals surface area contributed by atoms with E-state index in [4.69, 9.17) is 0 Å². The molecule has 0 heterocycles. The van der Waals surface area contributed by atoms with Crippen LogP contribution in [0.15, 0.2) is 18.2 Å². The van der Waals surface area contributed by atoms with Crippen LogP contribution in [0.4, 0.5) is 0 Å². The van der Waals surface area contributed by atoms with Crippen LogP contribution in [0, 0.1) is 6.92 Å². The Bertz CT molecular complexity index is 278. The van der Waals surface area contributed by atoms with E-state index in [9.17, 15) is 5.11 Å². The van der Waals surface area contributed by atoms with Crippen molar-refractivity contribution in [3.63, 3.8) is 0 Å². The molecule has 0 bridgehead atoms. The predicted octanol–water partition coefficient (Wildman–Crippen LogP) is 3.60. The van der Waals surface area contributed by atoms with Gasteiger partial charge in [0.1, 0.15) is 5.75 Å². The molecule has 1 heteroatoms. The molecular weight excluding hydrogens is 160 g/mol. The zero-order valence-corrected chi connectivity index (χ0v) is 8.67. The first kappa shape index (κ1) is 10.1. The third kappa shape index (κ3) is 2.48. The molecule has 0 saturated heterocycles. The minimum atomic E-state index is 0.445. The fraction of sp³-hybridized carbons (Fsp3) is 0.500. The minimum absolute atomic E-state index is 0.445. The van der Waals surface area contributed by atoms with Gasteiger partial charge in [-0.05, 0) is 36.5 Å². The van der Waals surface area contributed by atoms with Gasteiger partial charge in [0.2, 0.25) is 0 Å². The van der Waals surface area contributed by atoms with Crippen LogP contribution in [0.25, 0.3) is 0 Å². The molecule has 0 spiro atoms. The maximum atomic E-state index is 9.69. The Morgan fingerprint density at radius 1 is 1.38 bits per heavy atom. The lowest BCUT2D eigenvalue weighted by Gasteiger charge is -2.12. The normalized spacial score (nSPS) is 12.8. The molecule has 0 radical (unpaired) electrons. The average Bonchev–Trinajstić information content (AvgIpc) is 2.04. The number of hydrogen-bond donors (Lipinski definition) is 1. The van der Waals surface area contributed by atoms with E-state index >= 15 is 0 Å². The monoisotopic (exact) mass is 178 g/mol. The number of aromatic hydroxyl groups is 1. The molecule has 1 unspecified atom stereocenters. The lowest BCUT2D eigenvalue weighted by atomic mass is 9.95. The van der Waals surface area contributed by atoms with Crippen LogP contribution in [0.5, 0.6) is 5.75 Å². The molecule has 13 heavy (non-hydrogen) atoms. The molecule has 0 aliphatic rings. The average molecular weight is 178 g/mol. The van der Waals surface area contributed by atoms with Gasteiger partial charge in [-0.3, -0.25) is 0 Å². The highest BCUT2D eigenvalue weighted by Gasteiger charge is 2.08. The van der Waals surface area contributed by atoms with E-state index in [2.05, 4.69) is 19.9 Å². The molecule has 0 aliphatic carbocycles. The van der Waals surface area contributed by atoms with Gasteiger partial charge in [-0.1, -0.05) is 32.4 Å². The van der Waals surface area contributed by atoms with Crippen molar-refractivity contribution in [2.75, 3.05) is 0 Å². The van der Waals surface area contributed by atoms with Gasteiger partial charge in [-0.2, -0.15) is 0 Å². The quantitative estimate of drug-likeness (QED) is 0.749. The Hall–Kier alpha value is -0.980. The Morgan fingerprint density at radius 3 is 2.62 bits per heavy atom. The Kier molecular flexibility index (Phi) is 3.35. The molecule has 0 aromatic heterocycles. The number of benzene rings is 1. The molecule has 1 aromatic rings. The highest BCUT2D eigenvalue weighted by atomic mass is 16.3. The molecule has 0 saturated carbocycles. The van der Waals surface area contributed by atoms with E-state index in [0.29, 0.717) is 11.7 Å². The number of phenols is 1. The van der Waals surface area contributed by atoms with Crippen LogP contribution < -0.4 is 0 Å². The van der Waals surface area contributed by atoms with Gasteiger partial charge in [0, 0.05) is 0 Å². The van der Waals surface area contributed by atoms with Gasteiger partial charge in [0.15, 0.2) is 0 Å². The Balaban J connectivity index is 2.88. The summed E-state index contributed by atoms with van der Waals surface area (Å²) in [6.07, 6.45) is 2.30. The summed E-state index contributed by atoms with van der Waals surface area (Å²) in [5.74, 6) is 0.909. The smallest absolute Gasteiger partial charge is 0.119 e. The van der Waals surface area contributed by atoms with Crippen molar-refractivity contribution >= 4 is 0 Å². The zero-order valence-electron chi connectivity index (χ0n) is 8.67. The van der Waals surface area contributed by atoms with Gasteiger partial charge in [-0.15, -0.1) is 0 Å². The van der Waals surface area contributed by atoms with E-state index in [1.165, 1.54) is 0 Å². The number of hydrogen-bond acceptors (Lipinski definition) is 1. The molecule has 1 N–H and O–H groups in total. The molecule has 0 fully saturated rings. The van der Waals surface area contributed by atoms with E-state index in [1.807, 2.05) is 19.1 Å². The number of rotatable bonds is 3. The highest BCUT2D eigenvalue weighted by molar-refractivity contribution is 5.37. The van der Waals surface area contributed by atoms with Crippen molar-refractivity contribution in [1.82, 2.24) is 0 Å². The molecule has 72 valence electrons. The summed E-state index contributed by atoms with van der Waals surface area (Å²) in [5, 5.41) is 9.69. The van der Waals surface area contributed by atoms with E-state index in [0.717, 1.165) is 24.0 Å². The summed E-state index contributed by atoms with van der Waals surface area (Å²) >= 11 is 0. The van der Waals surface area contributed by atoms with Crippen LogP contribution in [0.2, 0.25) is 0 Å². The first-order chi connectivity index (χ1) is 6.15. The molecule has 0 aliphatic heterocycles. The van der Waals surface area contributed by atoms with Crippen molar-refractivity contribution in [3.8, 4) is 5.75 Å². The largest absolute Gasteiger partial charge is 0.508 e. The van der Waals surface area contributed by atoms with E-state index in [-0.39, 0.29) is 0 Å². The van der Waals surface area contributed by atoms with Crippen LogP contribution in [0.1, 0.15) is 43.7 Å². The van der Waals surface area contributed by atoms with Crippen molar-refractivity contribution in [3.05, 3.63) is 29.3 Å². The summed E-state index contributed by atoms with van der Waals surface area (Å²) in [7, 11) is 0. The van der Waals surface area contributed by atoms with Crippen LogP contribution in [-0.2, 0) is 0 Å². The topological polar surface area (TPSA) is 20.2 Å². The summed E-state index contributed by atoms with van der Waals surface area (Å²) in [6.45, 7) is 6.32. The molecule has 0 amide bonds. The van der Waals surface area contributed by atoms with Crippen molar-refractivity contribution in [2.45, 2.75) is 39.5 Å². The standard InChI is InChI=1S/C12H18O/c1-4-5-10(3)11-7-6-9(2)8-12(11)13/h6-8,10,13H,4-5H2,1-3H3. The fourth-order valence-corrected chi connectivity index (χ4v) is 1.66. The molecule has 1 nitrogen and oxygen atoms in total. The van der Waals surface area contributed by atoms with Gasteiger partial charge < -0.3 is 5.11 Å². The first-order valence-corrected chi connectivity index (χ1v) is 4.94. The van der Waals surface area contributed by atoms with Crippen molar-refractivity contribution < 1.29 is 5.11 Å². The van der Waals surface area contributed by atoms with Crippen molar-refractivity contribution in [2.24, 2.45) is 0 Å². The van der Waals surface area contributed by atoms with E-state index in [1.54, 1.807) is 0 Å². The number of aryl methyl sites for hydroxylation is 1. The maximum Gasteiger partial charge on any atom is 0.119 e. The van der Waals surface area contributed by atoms with Gasteiger partial charge in [0.25, 0.3) is 0 Å². The van der Waals surface area contributed by atoms with Gasteiger partial charge in [0.05, 0.1) is 0 Å². The molecular formula is C12H18O. The SMILES string of the molecule is CCCC(C)c1ccc(C)cc1O. The fourth-order valence-electron chi connectivity index (χ4n) is 1.66. The van der Waals surface area contributed by atoms with Crippen molar-refractivity contribution in [1.29, 1.82) is 0 Å². The van der Waals surface area contributed by atoms with Crippen LogP contribution in [-0.4, -0.2) is 5.11 Å². The Labute approximate surface area is 80.4 Å². The second kappa shape index (κ2) is 4.31. The minimum Gasteiger partial charge on any atom is -0.508 e. The van der Waals surface area contributed by atoms with Crippen LogP contribution in [0.3, 0.4) is 0 Å². The zero-order chi connectivity index (χ0) is 9.84. The Morgan fingerprint density at radius 2 is 2.08 bits per heavy atom. The lowest BCUT2D eigenvalue weighted by Crippen LogP contribution is -1.93. The summed E-state index contributed by atoms with van der Waals surface area (Å²) in [4.78, 5) is 0. The third-order valence-corrected chi connectivity index (χ3v) is 2.44. The van der Waals surface area contributed by atoms with E-state index < -0.39 is 0 Å². The maximum absolute atomic E-state index is 9.69. The molecule has 1 rings (SSSR count). The molecule has 1 atom stereocenters. The van der Waals surface area contributed by atoms with Crippen LogP contribution >= 0.6 is 0 Å². The lowest BCUT2D eigenvalue weighted by molar-refractivity contribution is 0.459. The first-order valence-electron chi connectivity index (χ1n) is 4.94. The third-order valence-electron chi connectivity index (χ3n) is 2.44. The summed E-state index contributed by atoms with van der Waals surface area (Å²) < 4.78 is 0. The summed E-state index contributed by atoms with van der Waals surface area (Å²) in [6, 6.07) is 5.92. The van der Waals surface area contributed by atoms with Gasteiger partial charge in [-0.25, -0.2) is 0 Å². The molecule has 1 aromatic carbocycles.